The van der Waals surface area contributed by atoms with Crippen molar-refractivity contribution in [1.29, 1.82) is 0 Å². The van der Waals surface area contributed by atoms with Crippen molar-refractivity contribution in [2.75, 3.05) is 26.7 Å². The fraction of sp³-hybridized carbons (Fsp3) is 0.875. The summed E-state index contributed by atoms with van der Waals surface area (Å²) in [6.45, 7) is 2.70. The predicted molar refractivity (Wildman–Crippen MR) is 45.7 cm³/mol. The molecule has 70 valence electrons. The standard InChI is InChI=1S/C8H16N2O2/c1-12-8(11)3-5-10-4-2-7(9)6-10/h7H,2-6,9H2,1H3/t7-/m0/s1. The average molecular weight is 172 g/mol. The number of esters is 1. The number of rotatable bonds is 3. The minimum absolute atomic E-state index is 0.143. The summed E-state index contributed by atoms with van der Waals surface area (Å²) in [7, 11) is 1.41. The van der Waals surface area contributed by atoms with Gasteiger partial charge in [-0.3, -0.25) is 4.79 Å². The molecule has 0 radical (unpaired) electrons. The molecule has 0 amide bonds. The second-order valence-electron chi connectivity index (χ2n) is 3.18. The Bertz CT molecular complexity index is 161. The summed E-state index contributed by atoms with van der Waals surface area (Å²) >= 11 is 0. The van der Waals surface area contributed by atoms with Crippen molar-refractivity contribution < 1.29 is 9.53 Å². The van der Waals surface area contributed by atoms with Gasteiger partial charge in [0, 0.05) is 19.1 Å². The van der Waals surface area contributed by atoms with Crippen molar-refractivity contribution in [3.63, 3.8) is 0 Å². The molecule has 1 fully saturated rings. The summed E-state index contributed by atoms with van der Waals surface area (Å²) in [5.41, 5.74) is 5.71. The highest BCUT2D eigenvalue weighted by Gasteiger charge is 2.19. The molecule has 1 saturated heterocycles. The largest absolute Gasteiger partial charge is 0.469 e. The maximum absolute atomic E-state index is 10.8. The second-order valence-corrected chi connectivity index (χ2v) is 3.18. The van der Waals surface area contributed by atoms with E-state index in [4.69, 9.17) is 5.73 Å². The van der Waals surface area contributed by atoms with Crippen molar-refractivity contribution in [2.45, 2.75) is 18.9 Å². The van der Waals surface area contributed by atoms with E-state index < -0.39 is 0 Å². The lowest BCUT2D eigenvalue weighted by molar-refractivity contribution is -0.140. The van der Waals surface area contributed by atoms with Crippen LogP contribution >= 0.6 is 0 Å². The number of ether oxygens (including phenoxy) is 1. The highest BCUT2D eigenvalue weighted by molar-refractivity contribution is 5.69. The third-order valence-electron chi connectivity index (χ3n) is 2.17. The molecule has 12 heavy (non-hydrogen) atoms. The fourth-order valence-corrected chi connectivity index (χ4v) is 1.42. The lowest BCUT2D eigenvalue weighted by Gasteiger charge is -2.13. The van der Waals surface area contributed by atoms with Crippen LogP contribution in [0.5, 0.6) is 0 Å². The van der Waals surface area contributed by atoms with E-state index in [0.29, 0.717) is 12.5 Å². The van der Waals surface area contributed by atoms with Crippen LogP contribution in [0.15, 0.2) is 0 Å². The number of likely N-dealkylation sites (tertiary alicyclic amines) is 1. The van der Waals surface area contributed by atoms with E-state index in [-0.39, 0.29) is 5.97 Å². The van der Waals surface area contributed by atoms with E-state index in [9.17, 15) is 4.79 Å². The van der Waals surface area contributed by atoms with Crippen LogP contribution in [0.25, 0.3) is 0 Å². The molecule has 2 N–H and O–H groups in total. The van der Waals surface area contributed by atoms with Crippen LogP contribution in [-0.2, 0) is 9.53 Å². The van der Waals surface area contributed by atoms with Crippen LogP contribution in [0.1, 0.15) is 12.8 Å². The number of methoxy groups -OCH3 is 1. The number of hydrogen-bond acceptors (Lipinski definition) is 4. The molecule has 0 bridgehead atoms. The number of nitrogens with zero attached hydrogens (tertiary/aromatic N) is 1. The average Bonchev–Trinajstić information content (AvgIpc) is 2.47. The Labute approximate surface area is 72.7 Å². The van der Waals surface area contributed by atoms with E-state index in [1.807, 2.05) is 0 Å². The summed E-state index contributed by atoms with van der Waals surface area (Å²) in [5.74, 6) is -0.143. The van der Waals surface area contributed by atoms with Crippen molar-refractivity contribution in [3.05, 3.63) is 0 Å². The molecule has 1 heterocycles. The van der Waals surface area contributed by atoms with Crippen LogP contribution < -0.4 is 5.73 Å². The first-order valence-corrected chi connectivity index (χ1v) is 4.27. The molecule has 0 aromatic heterocycles. The van der Waals surface area contributed by atoms with E-state index in [1.165, 1.54) is 7.11 Å². The first-order chi connectivity index (χ1) is 5.72. The van der Waals surface area contributed by atoms with Crippen molar-refractivity contribution in [2.24, 2.45) is 5.73 Å². The minimum atomic E-state index is -0.143. The SMILES string of the molecule is COC(=O)CCN1CC[C@H](N)C1. The summed E-state index contributed by atoms with van der Waals surface area (Å²) in [4.78, 5) is 13.0. The van der Waals surface area contributed by atoms with Gasteiger partial charge in [-0.1, -0.05) is 0 Å². The molecule has 0 saturated carbocycles. The third kappa shape index (κ3) is 2.79. The van der Waals surface area contributed by atoms with Crippen LogP contribution in [0.2, 0.25) is 0 Å². The van der Waals surface area contributed by atoms with Gasteiger partial charge in [0.2, 0.25) is 0 Å². The zero-order chi connectivity index (χ0) is 8.97. The number of hydrogen-bond donors (Lipinski definition) is 1. The molecule has 1 atom stereocenters. The molecule has 1 aliphatic heterocycles. The fourth-order valence-electron chi connectivity index (χ4n) is 1.42. The zero-order valence-corrected chi connectivity index (χ0v) is 7.45. The Morgan fingerprint density at radius 1 is 1.75 bits per heavy atom. The lowest BCUT2D eigenvalue weighted by atomic mass is 10.3. The van der Waals surface area contributed by atoms with Gasteiger partial charge >= 0.3 is 5.97 Å². The van der Waals surface area contributed by atoms with Crippen LogP contribution in [0.3, 0.4) is 0 Å². The molecule has 0 aliphatic carbocycles. The topological polar surface area (TPSA) is 55.6 Å². The third-order valence-corrected chi connectivity index (χ3v) is 2.17. The molecule has 1 aliphatic rings. The number of carbonyl (C=O) groups excluding carboxylic acids is 1. The van der Waals surface area contributed by atoms with E-state index in [2.05, 4.69) is 9.64 Å². The normalized spacial score (nSPS) is 24.3. The number of carbonyl (C=O) groups is 1. The summed E-state index contributed by atoms with van der Waals surface area (Å²) < 4.78 is 4.54. The molecule has 4 heteroatoms. The zero-order valence-electron chi connectivity index (χ0n) is 7.45. The predicted octanol–water partition coefficient (Wildman–Crippen LogP) is -0.417. The van der Waals surface area contributed by atoms with Crippen LogP contribution in [-0.4, -0.2) is 43.7 Å². The van der Waals surface area contributed by atoms with Crippen molar-refractivity contribution in [1.82, 2.24) is 4.90 Å². The molecular formula is C8H16N2O2. The van der Waals surface area contributed by atoms with Gasteiger partial charge in [-0.2, -0.15) is 0 Å². The second kappa shape index (κ2) is 4.42. The smallest absolute Gasteiger partial charge is 0.306 e. The lowest BCUT2D eigenvalue weighted by Crippen LogP contribution is -2.28. The summed E-state index contributed by atoms with van der Waals surface area (Å²) in [6.07, 6.45) is 1.52. The van der Waals surface area contributed by atoms with E-state index >= 15 is 0 Å². The summed E-state index contributed by atoms with van der Waals surface area (Å²) in [6, 6.07) is 0.294. The first kappa shape index (κ1) is 9.48. The van der Waals surface area contributed by atoms with Gasteiger partial charge in [-0.25, -0.2) is 0 Å². The van der Waals surface area contributed by atoms with Crippen LogP contribution in [0, 0.1) is 0 Å². The maximum Gasteiger partial charge on any atom is 0.306 e. The molecule has 0 unspecified atom stereocenters. The quantitative estimate of drug-likeness (QED) is 0.588. The maximum atomic E-state index is 10.8. The molecule has 4 nitrogen and oxygen atoms in total. The van der Waals surface area contributed by atoms with E-state index in [1.54, 1.807) is 0 Å². The Morgan fingerprint density at radius 3 is 3.00 bits per heavy atom. The van der Waals surface area contributed by atoms with Crippen molar-refractivity contribution in [3.8, 4) is 0 Å². The van der Waals surface area contributed by atoms with Crippen molar-refractivity contribution >= 4 is 5.97 Å². The van der Waals surface area contributed by atoms with Gasteiger partial charge in [0.25, 0.3) is 0 Å². The van der Waals surface area contributed by atoms with Gasteiger partial charge in [-0.05, 0) is 13.0 Å². The van der Waals surface area contributed by atoms with Gasteiger partial charge in [0.15, 0.2) is 0 Å². The van der Waals surface area contributed by atoms with Gasteiger partial charge in [0.05, 0.1) is 13.5 Å². The number of nitrogens with two attached hydrogens (primary N) is 1. The van der Waals surface area contributed by atoms with Crippen LogP contribution in [0.4, 0.5) is 0 Å². The summed E-state index contributed by atoms with van der Waals surface area (Å²) in [5, 5.41) is 0. The minimum Gasteiger partial charge on any atom is -0.469 e. The Balaban J connectivity index is 2.11. The molecule has 0 aromatic rings. The Morgan fingerprint density at radius 2 is 2.50 bits per heavy atom. The van der Waals surface area contributed by atoms with Gasteiger partial charge < -0.3 is 15.4 Å². The highest BCUT2D eigenvalue weighted by Crippen LogP contribution is 2.06. The monoisotopic (exact) mass is 172 g/mol. The molecular weight excluding hydrogens is 156 g/mol. The Kier molecular flexibility index (Phi) is 3.49. The Hall–Kier alpha value is -0.610. The molecule has 0 aromatic carbocycles. The van der Waals surface area contributed by atoms with Gasteiger partial charge in [-0.15, -0.1) is 0 Å². The molecule has 1 rings (SSSR count). The van der Waals surface area contributed by atoms with Gasteiger partial charge in [0.1, 0.15) is 0 Å². The first-order valence-electron chi connectivity index (χ1n) is 4.27. The van der Waals surface area contributed by atoms with E-state index in [0.717, 1.165) is 26.1 Å². The molecule has 0 spiro atoms. The highest BCUT2D eigenvalue weighted by atomic mass is 16.5.